The van der Waals surface area contributed by atoms with Crippen LogP contribution in [0.4, 0.5) is 11.4 Å². The van der Waals surface area contributed by atoms with Crippen molar-refractivity contribution >= 4 is 69.5 Å². The molecule has 1 unspecified atom stereocenters. The summed E-state index contributed by atoms with van der Waals surface area (Å²) in [7, 11) is 0. The largest absolute Gasteiger partial charge is 0.325 e. The van der Waals surface area contributed by atoms with Gasteiger partial charge in [-0.1, -0.05) is 48.5 Å². The molecule has 0 fully saturated rings. The topological polar surface area (TPSA) is 87.3 Å². The summed E-state index contributed by atoms with van der Waals surface area (Å²) < 4.78 is 1.10. The molecule has 0 bridgehead atoms. The Kier molecular flexibility index (Phi) is 9.93. The summed E-state index contributed by atoms with van der Waals surface area (Å²) in [5.41, 5.74) is 2.67. The molecule has 1 atom stereocenters. The Bertz CT molecular complexity index is 1460. The van der Waals surface area contributed by atoms with Crippen molar-refractivity contribution in [3.05, 3.63) is 130 Å². The average Bonchev–Trinajstić information content (AvgIpc) is 2.96. The highest BCUT2D eigenvalue weighted by molar-refractivity contribution is 14.1. The van der Waals surface area contributed by atoms with Crippen molar-refractivity contribution in [1.82, 2.24) is 5.32 Å². The van der Waals surface area contributed by atoms with E-state index in [9.17, 15) is 14.4 Å². The van der Waals surface area contributed by atoms with E-state index in [1.165, 1.54) is 11.8 Å². The van der Waals surface area contributed by atoms with Crippen molar-refractivity contribution in [2.45, 2.75) is 17.1 Å². The van der Waals surface area contributed by atoms with Gasteiger partial charge in [0.15, 0.2) is 0 Å². The molecule has 0 spiro atoms. The van der Waals surface area contributed by atoms with E-state index in [0.717, 1.165) is 19.7 Å². The van der Waals surface area contributed by atoms with Crippen molar-refractivity contribution in [2.24, 2.45) is 0 Å². The van der Waals surface area contributed by atoms with Crippen molar-refractivity contribution in [2.75, 3.05) is 10.6 Å². The molecule has 0 radical (unpaired) electrons. The minimum Gasteiger partial charge on any atom is -0.325 e. The van der Waals surface area contributed by atoms with E-state index in [4.69, 9.17) is 0 Å². The van der Waals surface area contributed by atoms with E-state index in [-0.39, 0.29) is 22.8 Å². The molecular formula is C31H26IN3O3S. The summed E-state index contributed by atoms with van der Waals surface area (Å²) in [5, 5.41) is 8.19. The first-order valence-corrected chi connectivity index (χ1v) is 14.1. The first kappa shape index (κ1) is 28.1. The Morgan fingerprint density at radius 2 is 1.31 bits per heavy atom. The monoisotopic (exact) mass is 647 g/mol. The van der Waals surface area contributed by atoms with Crippen molar-refractivity contribution in [3.8, 4) is 0 Å². The highest BCUT2D eigenvalue weighted by Gasteiger charge is 2.17. The number of nitrogens with one attached hydrogen (secondary N) is 3. The van der Waals surface area contributed by atoms with Gasteiger partial charge in [0.1, 0.15) is 5.70 Å². The third-order valence-corrected chi connectivity index (χ3v) is 7.38. The van der Waals surface area contributed by atoms with Gasteiger partial charge in [0, 0.05) is 25.4 Å². The lowest BCUT2D eigenvalue weighted by Gasteiger charge is -2.13. The first-order chi connectivity index (χ1) is 18.9. The molecular weight excluding hydrogens is 621 g/mol. The molecule has 0 heterocycles. The molecule has 196 valence electrons. The van der Waals surface area contributed by atoms with Gasteiger partial charge in [0.05, 0.1) is 5.25 Å². The molecule has 0 aromatic heterocycles. The van der Waals surface area contributed by atoms with Crippen LogP contribution in [0.5, 0.6) is 0 Å². The lowest BCUT2D eigenvalue weighted by Crippen LogP contribution is -2.30. The van der Waals surface area contributed by atoms with Crippen LogP contribution in [0.1, 0.15) is 22.8 Å². The van der Waals surface area contributed by atoms with Crippen LogP contribution in [0.3, 0.4) is 0 Å². The maximum Gasteiger partial charge on any atom is 0.272 e. The maximum absolute atomic E-state index is 13.2. The summed E-state index contributed by atoms with van der Waals surface area (Å²) in [4.78, 5) is 39.4. The number of anilines is 2. The van der Waals surface area contributed by atoms with Crippen LogP contribution in [-0.2, 0) is 9.59 Å². The predicted molar refractivity (Wildman–Crippen MR) is 167 cm³/mol. The van der Waals surface area contributed by atoms with Gasteiger partial charge in [-0.05, 0) is 102 Å². The highest BCUT2D eigenvalue weighted by Crippen LogP contribution is 2.26. The quantitative estimate of drug-likeness (QED) is 0.106. The zero-order chi connectivity index (χ0) is 27.6. The minimum atomic E-state index is -0.450. The van der Waals surface area contributed by atoms with Crippen LogP contribution in [0.2, 0.25) is 0 Å². The molecule has 4 aromatic carbocycles. The SMILES string of the molecule is CC(Sc1ccc(NC(=O)/C(=C/c2ccccc2)NC(=O)c2ccccc2)cc1)C(=O)Nc1ccc(I)cc1. The number of amides is 3. The minimum absolute atomic E-state index is 0.0940. The van der Waals surface area contributed by atoms with E-state index in [0.29, 0.717) is 11.3 Å². The lowest BCUT2D eigenvalue weighted by atomic mass is 10.1. The average molecular weight is 648 g/mol. The van der Waals surface area contributed by atoms with Gasteiger partial charge in [-0.3, -0.25) is 14.4 Å². The Hall–Kier alpha value is -3.89. The Balaban J connectivity index is 1.41. The molecule has 3 amide bonds. The zero-order valence-corrected chi connectivity index (χ0v) is 24.0. The van der Waals surface area contributed by atoms with Gasteiger partial charge in [0.25, 0.3) is 11.8 Å². The fourth-order valence-electron chi connectivity index (χ4n) is 3.51. The molecule has 8 heteroatoms. The van der Waals surface area contributed by atoms with Crippen LogP contribution in [0.25, 0.3) is 6.08 Å². The molecule has 0 aliphatic heterocycles. The number of halogens is 1. The summed E-state index contributed by atoms with van der Waals surface area (Å²) in [6.07, 6.45) is 1.63. The molecule has 0 saturated heterocycles. The van der Waals surface area contributed by atoms with E-state index in [2.05, 4.69) is 38.5 Å². The van der Waals surface area contributed by atoms with Gasteiger partial charge in [0.2, 0.25) is 5.91 Å². The smallest absolute Gasteiger partial charge is 0.272 e. The van der Waals surface area contributed by atoms with E-state index in [1.807, 2.05) is 79.7 Å². The third kappa shape index (κ3) is 8.56. The summed E-state index contributed by atoms with van der Waals surface area (Å²) in [5.74, 6) is -0.922. The second-order valence-electron chi connectivity index (χ2n) is 8.52. The standard InChI is InChI=1S/C31H26IN3O3S/c1-21(29(36)33-25-14-12-24(32)13-15-25)39-27-18-16-26(17-19-27)34-31(38)28(20-22-8-4-2-5-9-22)35-30(37)23-10-6-3-7-11-23/h2-21H,1H3,(H,33,36)(H,34,38)(H,35,37)/b28-20-. The van der Waals surface area contributed by atoms with Crippen molar-refractivity contribution < 1.29 is 14.4 Å². The molecule has 0 saturated carbocycles. The van der Waals surface area contributed by atoms with Crippen LogP contribution >= 0.6 is 34.4 Å². The van der Waals surface area contributed by atoms with Gasteiger partial charge in [-0.15, -0.1) is 11.8 Å². The Morgan fingerprint density at radius 3 is 1.95 bits per heavy atom. The summed E-state index contributed by atoms with van der Waals surface area (Å²) >= 11 is 3.64. The van der Waals surface area contributed by atoms with Gasteiger partial charge in [-0.25, -0.2) is 0 Å². The normalized spacial score (nSPS) is 11.8. The zero-order valence-electron chi connectivity index (χ0n) is 21.1. The molecule has 3 N–H and O–H groups in total. The fraction of sp³-hybridized carbons (Fsp3) is 0.0645. The number of benzene rings is 4. The van der Waals surface area contributed by atoms with Crippen molar-refractivity contribution in [3.63, 3.8) is 0 Å². The predicted octanol–water partition coefficient (Wildman–Crippen LogP) is 6.82. The number of hydrogen-bond donors (Lipinski definition) is 3. The number of hydrogen-bond acceptors (Lipinski definition) is 4. The molecule has 6 nitrogen and oxygen atoms in total. The number of thioether (sulfide) groups is 1. The summed E-state index contributed by atoms with van der Waals surface area (Å²) in [6.45, 7) is 1.85. The molecule has 0 aliphatic carbocycles. The second-order valence-corrected chi connectivity index (χ2v) is 11.2. The molecule has 0 aliphatic rings. The first-order valence-electron chi connectivity index (χ1n) is 12.1. The van der Waals surface area contributed by atoms with Crippen LogP contribution in [0, 0.1) is 3.57 Å². The fourth-order valence-corrected chi connectivity index (χ4v) is 4.74. The van der Waals surface area contributed by atoms with E-state index in [1.54, 1.807) is 42.5 Å². The lowest BCUT2D eigenvalue weighted by molar-refractivity contribution is -0.115. The van der Waals surface area contributed by atoms with E-state index < -0.39 is 5.91 Å². The Morgan fingerprint density at radius 1 is 0.744 bits per heavy atom. The van der Waals surface area contributed by atoms with Crippen LogP contribution < -0.4 is 16.0 Å². The maximum atomic E-state index is 13.2. The third-order valence-electron chi connectivity index (χ3n) is 5.55. The van der Waals surface area contributed by atoms with Gasteiger partial charge < -0.3 is 16.0 Å². The number of rotatable bonds is 9. The van der Waals surface area contributed by atoms with Crippen LogP contribution in [-0.4, -0.2) is 23.0 Å². The number of carbonyl (C=O) groups excluding carboxylic acids is 3. The van der Waals surface area contributed by atoms with Crippen molar-refractivity contribution in [1.29, 1.82) is 0 Å². The highest BCUT2D eigenvalue weighted by atomic mass is 127. The second kappa shape index (κ2) is 13.8. The van der Waals surface area contributed by atoms with Crippen LogP contribution in [0.15, 0.2) is 120 Å². The van der Waals surface area contributed by atoms with E-state index >= 15 is 0 Å². The summed E-state index contributed by atoms with van der Waals surface area (Å²) in [6, 6.07) is 32.9. The van der Waals surface area contributed by atoms with Gasteiger partial charge in [-0.2, -0.15) is 0 Å². The number of carbonyl (C=O) groups is 3. The molecule has 4 rings (SSSR count). The molecule has 39 heavy (non-hydrogen) atoms. The molecule has 4 aromatic rings. The van der Waals surface area contributed by atoms with Gasteiger partial charge >= 0.3 is 0 Å². The Labute approximate surface area is 245 Å².